The maximum Gasteiger partial charge on any atom is 0.243 e. The Morgan fingerprint density at radius 2 is 1.59 bits per heavy atom. The summed E-state index contributed by atoms with van der Waals surface area (Å²) in [4.78, 5) is 25.2. The van der Waals surface area contributed by atoms with E-state index in [-0.39, 0.29) is 22.5 Å². The van der Waals surface area contributed by atoms with Crippen LogP contribution >= 0.6 is 11.8 Å². The van der Waals surface area contributed by atoms with Gasteiger partial charge in [-0.15, -0.1) is 11.8 Å². The summed E-state index contributed by atoms with van der Waals surface area (Å²) in [7, 11) is -3.55. The summed E-state index contributed by atoms with van der Waals surface area (Å²) in [5.74, 6) is -0.394. The van der Waals surface area contributed by atoms with E-state index in [1.807, 2.05) is 6.26 Å². The molecule has 1 N–H and O–H groups in total. The monoisotopic (exact) mass is 432 g/mol. The van der Waals surface area contributed by atoms with E-state index in [9.17, 15) is 18.0 Å². The zero-order chi connectivity index (χ0) is 21.0. The summed E-state index contributed by atoms with van der Waals surface area (Å²) in [5.41, 5.74) is 1.22. The fraction of sp³-hybridized carbons (Fsp3) is 0.333. The van der Waals surface area contributed by atoms with E-state index in [4.69, 9.17) is 0 Å². The lowest BCUT2D eigenvalue weighted by Crippen LogP contribution is -2.41. The Morgan fingerprint density at radius 1 is 1.00 bits per heavy atom. The Balaban J connectivity index is 1.59. The van der Waals surface area contributed by atoms with Gasteiger partial charge in [-0.05, 0) is 74.6 Å². The van der Waals surface area contributed by atoms with Gasteiger partial charge in [-0.3, -0.25) is 9.59 Å². The van der Waals surface area contributed by atoms with Gasteiger partial charge in [0.1, 0.15) is 0 Å². The Kier molecular flexibility index (Phi) is 6.77. The van der Waals surface area contributed by atoms with Gasteiger partial charge in [0.05, 0.1) is 4.90 Å². The van der Waals surface area contributed by atoms with Crippen LogP contribution in [0.3, 0.4) is 0 Å². The van der Waals surface area contributed by atoms with E-state index < -0.39 is 10.0 Å². The van der Waals surface area contributed by atoms with E-state index in [2.05, 4.69) is 5.32 Å². The molecule has 0 unspecified atom stereocenters. The first-order valence-electron chi connectivity index (χ1n) is 9.37. The normalized spacial score (nSPS) is 15.8. The first-order valence-corrected chi connectivity index (χ1v) is 12.0. The van der Waals surface area contributed by atoms with Gasteiger partial charge in [0.2, 0.25) is 15.9 Å². The molecule has 0 saturated carbocycles. The van der Waals surface area contributed by atoms with Crippen molar-refractivity contribution in [2.75, 3.05) is 24.7 Å². The van der Waals surface area contributed by atoms with Crippen LogP contribution in [-0.2, 0) is 14.8 Å². The van der Waals surface area contributed by atoms with Gasteiger partial charge in [-0.25, -0.2) is 8.42 Å². The summed E-state index contributed by atoms with van der Waals surface area (Å²) >= 11 is 1.56. The zero-order valence-electron chi connectivity index (χ0n) is 16.4. The van der Waals surface area contributed by atoms with Crippen molar-refractivity contribution in [3.05, 3.63) is 54.1 Å². The van der Waals surface area contributed by atoms with Gasteiger partial charge in [0.15, 0.2) is 5.78 Å². The summed E-state index contributed by atoms with van der Waals surface area (Å²) < 4.78 is 27.1. The van der Waals surface area contributed by atoms with Crippen LogP contribution in [0.2, 0.25) is 0 Å². The van der Waals surface area contributed by atoms with E-state index in [0.29, 0.717) is 37.2 Å². The summed E-state index contributed by atoms with van der Waals surface area (Å²) in [6.07, 6.45) is 2.88. The molecule has 1 amide bonds. The van der Waals surface area contributed by atoms with E-state index >= 15 is 0 Å². The molecular formula is C21H24N2O4S2. The first kappa shape index (κ1) is 21.5. The van der Waals surface area contributed by atoms with Crippen LogP contribution in [0, 0.1) is 5.92 Å². The van der Waals surface area contributed by atoms with E-state index in [0.717, 1.165) is 4.90 Å². The van der Waals surface area contributed by atoms with Crippen LogP contribution in [0.5, 0.6) is 0 Å². The largest absolute Gasteiger partial charge is 0.326 e. The van der Waals surface area contributed by atoms with Crippen LogP contribution < -0.4 is 5.32 Å². The predicted molar refractivity (Wildman–Crippen MR) is 115 cm³/mol. The highest BCUT2D eigenvalue weighted by atomic mass is 32.2. The number of piperidine rings is 1. The van der Waals surface area contributed by atoms with Crippen molar-refractivity contribution in [1.29, 1.82) is 0 Å². The molecule has 1 fully saturated rings. The molecule has 0 radical (unpaired) electrons. The van der Waals surface area contributed by atoms with Gasteiger partial charge in [-0.2, -0.15) is 4.31 Å². The number of nitrogens with one attached hydrogen (secondary N) is 1. The maximum absolute atomic E-state index is 12.8. The highest BCUT2D eigenvalue weighted by Gasteiger charge is 2.32. The average molecular weight is 433 g/mol. The number of hydrogen-bond donors (Lipinski definition) is 1. The lowest BCUT2D eigenvalue weighted by atomic mass is 9.97. The Labute approximate surface area is 175 Å². The minimum absolute atomic E-state index is 0.0282. The lowest BCUT2D eigenvalue weighted by Gasteiger charge is -2.30. The summed E-state index contributed by atoms with van der Waals surface area (Å²) in [6, 6.07) is 13.6. The minimum Gasteiger partial charge on any atom is -0.326 e. The second kappa shape index (κ2) is 9.11. The van der Waals surface area contributed by atoms with Crippen molar-refractivity contribution in [1.82, 2.24) is 4.31 Å². The molecule has 8 heteroatoms. The molecular weight excluding hydrogens is 408 g/mol. The van der Waals surface area contributed by atoms with Crippen LogP contribution in [-0.4, -0.2) is 43.8 Å². The van der Waals surface area contributed by atoms with Crippen molar-refractivity contribution in [3.63, 3.8) is 0 Å². The third-order valence-corrected chi connectivity index (χ3v) is 7.74. The molecule has 0 aliphatic carbocycles. The molecule has 2 aromatic carbocycles. The SMILES string of the molecule is CSc1ccc(S(=O)(=O)N2CCC(C(=O)Nc3ccc(C(C)=O)cc3)CC2)cc1. The third-order valence-electron chi connectivity index (χ3n) is 5.08. The van der Waals surface area contributed by atoms with Gasteiger partial charge in [-0.1, -0.05) is 0 Å². The number of benzene rings is 2. The van der Waals surface area contributed by atoms with Crippen LogP contribution in [0.15, 0.2) is 58.3 Å². The molecule has 6 nitrogen and oxygen atoms in total. The predicted octanol–water partition coefficient (Wildman–Crippen LogP) is 3.65. The van der Waals surface area contributed by atoms with Gasteiger partial charge < -0.3 is 5.32 Å². The number of sulfonamides is 1. The highest BCUT2D eigenvalue weighted by Crippen LogP contribution is 2.26. The number of Topliss-reactive ketones (excluding diaryl/α,β-unsaturated/α-hetero) is 1. The van der Waals surface area contributed by atoms with Crippen molar-refractivity contribution in [2.45, 2.75) is 29.6 Å². The quantitative estimate of drug-likeness (QED) is 0.556. The molecule has 3 rings (SSSR count). The second-order valence-corrected chi connectivity index (χ2v) is 9.79. The Morgan fingerprint density at radius 3 is 2.10 bits per heavy atom. The summed E-state index contributed by atoms with van der Waals surface area (Å²) in [5, 5.41) is 2.86. The molecule has 1 aliphatic rings. The molecule has 154 valence electrons. The van der Waals surface area contributed by atoms with Crippen molar-refractivity contribution in [2.24, 2.45) is 5.92 Å². The Hall–Kier alpha value is -2.16. The second-order valence-electron chi connectivity index (χ2n) is 6.98. The number of amides is 1. The Bertz CT molecular complexity index is 978. The topological polar surface area (TPSA) is 83.6 Å². The van der Waals surface area contributed by atoms with Gasteiger partial charge >= 0.3 is 0 Å². The number of rotatable bonds is 6. The molecule has 1 saturated heterocycles. The van der Waals surface area contributed by atoms with Crippen molar-refractivity contribution < 1.29 is 18.0 Å². The molecule has 0 spiro atoms. The third kappa shape index (κ3) is 5.07. The van der Waals surface area contributed by atoms with E-state index in [1.165, 1.54) is 11.2 Å². The molecule has 0 aromatic heterocycles. The van der Waals surface area contributed by atoms with Crippen LogP contribution in [0.4, 0.5) is 5.69 Å². The van der Waals surface area contributed by atoms with Gasteiger partial charge in [0.25, 0.3) is 0 Å². The lowest BCUT2D eigenvalue weighted by molar-refractivity contribution is -0.120. The first-order chi connectivity index (χ1) is 13.8. The molecule has 29 heavy (non-hydrogen) atoms. The van der Waals surface area contributed by atoms with Crippen LogP contribution in [0.1, 0.15) is 30.1 Å². The number of nitrogens with zero attached hydrogens (tertiary/aromatic N) is 1. The smallest absolute Gasteiger partial charge is 0.243 e. The zero-order valence-corrected chi connectivity index (χ0v) is 18.1. The summed E-state index contributed by atoms with van der Waals surface area (Å²) in [6.45, 7) is 2.12. The highest BCUT2D eigenvalue weighted by molar-refractivity contribution is 7.98. The number of carbonyl (C=O) groups is 2. The van der Waals surface area contributed by atoms with Crippen molar-refractivity contribution in [3.8, 4) is 0 Å². The fourth-order valence-corrected chi connectivity index (χ4v) is 5.17. The number of carbonyl (C=O) groups excluding carboxylic acids is 2. The maximum atomic E-state index is 12.8. The fourth-order valence-electron chi connectivity index (χ4n) is 3.29. The number of ketones is 1. The molecule has 1 heterocycles. The molecule has 2 aromatic rings. The minimum atomic E-state index is -3.55. The van der Waals surface area contributed by atoms with Crippen molar-refractivity contribution >= 4 is 39.2 Å². The molecule has 0 bridgehead atoms. The standard InChI is InChI=1S/C21H24N2O4S2/c1-15(24)16-3-5-18(6-4-16)22-21(25)17-11-13-23(14-12-17)29(26,27)20-9-7-19(28-2)8-10-20/h3-10,17H,11-14H2,1-2H3,(H,22,25). The molecule has 0 atom stereocenters. The number of anilines is 1. The number of hydrogen-bond acceptors (Lipinski definition) is 5. The van der Waals surface area contributed by atoms with Gasteiger partial charge in [0, 0.05) is 35.2 Å². The van der Waals surface area contributed by atoms with E-state index in [1.54, 1.807) is 60.3 Å². The van der Waals surface area contributed by atoms with Crippen LogP contribution in [0.25, 0.3) is 0 Å². The molecule has 1 aliphatic heterocycles. The average Bonchev–Trinajstić information content (AvgIpc) is 2.74. The number of thioether (sulfide) groups is 1.